The maximum atomic E-state index is 10.9. The fourth-order valence-corrected chi connectivity index (χ4v) is 2.25. The van der Waals surface area contributed by atoms with Crippen LogP contribution < -0.4 is 10.6 Å². The second-order valence-electron chi connectivity index (χ2n) is 4.47. The molecule has 1 unspecified atom stereocenters. The molecule has 2 aliphatic heterocycles. The molecule has 14 heavy (non-hydrogen) atoms. The van der Waals surface area contributed by atoms with Crippen molar-refractivity contribution >= 4 is 5.91 Å². The first kappa shape index (κ1) is 9.93. The van der Waals surface area contributed by atoms with Crippen molar-refractivity contribution in [3.8, 4) is 0 Å². The van der Waals surface area contributed by atoms with Crippen molar-refractivity contribution in [3.63, 3.8) is 0 Å². The normalized spacial score (nSPS) is 28.8. The predicted molar refractivity (Wildman–Crippen MR) is 55.0 cm³/mol. The molecule has 0 aliphatic carbocycles. The van der Waals surface area contributed by atoms with Gasteiger partial charge in [-0.15, -0.1) is 0 Å². The first-order chi connectivity index (χ1) is 6.74. The fourth-order valence-electron chi connectivity index (χ4n) is 2.25. The number of amides is 1. The zero-order chi connectivity index (χ0) is 9.97. The summed E-state index contributed by atoms with van der Waals surface area (Å²) in [5.74, 6) is 0.938. The summed E-state index contributed by atoms with van der Waals surface area (Å²) < 4.78 is 0. The van der Waals surface area contributed by atoms with Crippen LogP contribution in [0.5, 0.6) is 0 Å². The Bertz CT molecular complexity index is 215. The maximum Gasteiger partial charge on any atom is 0.217 e. The maximum absolute atomic E-state index is 10.9. The second-order valence-corrected chi connectivity index (χ2v) is 4.47. The van der Waals surface area contributed by atoms with Gasteiger partial charge in [-0.2, -0.15) is 0 Å². The minimum atomic E-state index is 0.0992. The van der Waals surface area contributed by atoms with Crippen LogP contribution in [0.25, 0.3) is 0 Å². The van der Waals surface area contributed by atoms with Gasteiger partial charge in [-0.05, 0) is 12.3 Å². The topological polar surface area (TPSA) is 44.4 Å². The van der Waals surface area contributed by atoms with Gasteiger partial charge in [0, 0.05) is 45.7 Å². The number of carbonyl (C=O) groups excluding carboxylic acids is 1. The van der Waals surface area contributed by atoms with Crippen molar-refractivity contribution in [1.82, 2.24) is 15.5 Å². The van der Waals surface area contributed by atoms with E-state index < -0.39 is 0 Å². The van der Waals surface area contributed by atoms with Gasteiger partial charge in [-0.3, -0.25) is 4.79 Å². The highest BCUT2D eigenvalue weighted by Gasteiger charge is 2.26. The van der Waals surface area contributed by atoms with Crippen molar-refractivity contribution in [2.45, 2.75) is 19.4 Å². The SMILES string of the molecule is CC(=O)NC1CCN(CC2CNC2)C1. The monoisotopic (exact) mass is 197 g/mol. The van der Waals surface area contributed by atoms with Gasteiger partial charge in [-0.1, -0.05) is 0 Å². The Morgan fingerprint density at radius 3 is 2.93 bits per heavy atom. The second kappa shape index (κ2) is 4.28. The number of rotatable bonds is 3. The van der Waals surface area contributed by atoms with E-state index in [0.717, 1.165) is 25.4 Å². The Morgan fingerprint density at radius 1 is 1.57 bits per heavy atom. The smallest absolute Gasteiger partial charge is 0.217 e. The number of nitrogens with one attached hydrogen (secondary N) is 2. The molecular formula is C10H19N3O. The molecule has 0 aromatic rings. The van der Waals surface area contributed by atoms with Crippen molar-refractivity contribution < 1.29 is 4.79 Å². The van der Waals surface area contributed by atoms with Crippen molar-refractivity contribution in [3.05, 3.63) is 0 Å². The van der Waals surface area contributed by atoms with Crippen LogP contribution >= 0.6 is 0 Å². The molecule has 2 aliphatic rings. The first-order valence-electron chi connectivity index (χ1n) is 5.44. The quantitative estimate of drug-likeness (QED) is 0.636. The van der Waals surface area contributed by atoms with E-state index in [1.54, 1.807) is 6.92 Å². The van der Waals surface area contributed by atoms with Gasteiger partial charge >= 0.3 is 0 Å². The lowest BCUT2D eigenvalue weighted by molar-refractivity contribution is -0.119. The summed E-state index contributed by atoms with van der Waals surface area (Å²) in [6.07, 6.45) is 1.11. The van der Waals surface area contributed by atoms with Crippen molar-refractivity contribution in [2.75, 3.05) is 32.7 Å². The zero-order valence-electron chi connectivity index (χ0n) is 8.75. The molecule has 0 aromatic heterocycles. The number of nitrogens with zero attached hydrogens (tertiary/aromatic N) is 1. The molecule has 0 aromatic carbocycles. The first-order valence-corrected chi connectivity index (χ1v) is 5.44. The molecule has 1 amide bonds. The van der Waals surface area contributed by atoms with E-state index in [1.165, 1.54) is 19.6 Å². The van der Waals surface area contributed by atoms with Crippen molar-refractivity contribution in [1.29, 1.82) is 0 Å². The summed E-state index contributed by atoms with van der Waals surface area (Å²) in [7, 11) is 0. The average molecular weight is 197 g/mol. The van der Waals surface area contributed by atoms with E-state index in [4.69, 9.17) is 0 Å². The molecule has 2 heterocycles. The molecule has 2 rings (SSSR count). The lowest BCUT2D eigenvalue weighted by Crippen LogP contribution is -2.48. The van der Waals surface area contributed by atoms with Crippen LogP contribution in [0, 0.1) is 5.92 Å². The molecule has 4 heteroatoms. The van der Waals surface area contributed by atoms with Crippen LogP contribution in [0.3, 0.4) is 0 Å². The van der Waals surface area contributed by atoms with Crippen LogP contribution in [0.4, 0.5) is 0 Å². The van der Waals surface area contributed by atoms with Crippen molar-refractivity contribution in [2.24, 2.45) is 5.92 Å². The zero-order valence-corrected chi connectivity index (χ0v) is 8.75. The largest absolute Gasteiger partial charge is 0.352 e. The van der Waals surface area contributed by atoms with E-state index >= 15 is 0 Å². The van der Waals surface area contributed by atoms with Crippen LogP contribution in [0.2, 0.25) is 0 Å². The number of hydrogen-bond donors (Lipinski definition) is 2. The Morgan fingerprint density at radius 2 is 2.36 bits per heavy atom. The van der Waals surface area contributed by atoms with Crippen LogP contribution in [0.15, 0.2) is 0 Å². The minimum absolute atomic E-state index is 0.0992. The van der Waals surface area contributed by atoms with Gasteiger partial charge < -0.3 is 15.5 Å². The molecule has 0 spiro atoms. The predicted octanol–water partition coefficient (Wildman–Crippen LogP) is -0.584. The van der Waals surface area contributed by atoms with Gasteiger partial charge in [0.15, 0.2) is 0 Å². The molecule has 1 atom stereocenters. The molecule has 0 saturated carbocycles. The van der Waals surface area contributed by atoms with Gasteiger partial charge in [0.05, 0.1) is 0 Å². The third-order valence-corrected chi connectivity index (χ3v) is 3.06. The Kier molecular flexibility index (Phi) is 3.03. The Hall–Kier alpha value is -0.610. The Labute approximate surface area is 85.0 Å². The lowest BCUT2D eigenvalue weighted by Gasteiger charge is -2.31. The summed E-state index contributed by atoms with van der Waals surface area (Å²) in [6, 6.07) is 0.389. The molecule has 2 N–H and O–H groups in total. The van der Waals surface area contributed by atoms with Crippen LogP contribution in [-0.2, 0) is 4.79 Å². The number of hydrogen-bond acceptors (Lipinski definition) is 3. The molecule has 0 bridgehead atoms. The Balaban J connectivity index is 1.68. The summed E-state index contributed by atoms with van der Waals surface area (Å²) in [4.78, 5) is 13.3. The summed E-state index contributed by atoms with van der Waals surface area (Å²) in [5, 5.41) is 6.27. The van der Waals surface area contributed by atoms with E-state index in [-0.39, 0.29) is 5.91 Å². The summed E-state index contributed by atoms with van der Waals surface area (Å²) >= 11 is 0. The standard InChI is InChI=1S/C10H19N3O/c1-8(14)12-10-2-3-13(7-10)6-9-4-11-5-9/h9-11H,2-7H2,1H3,(H,12,14). The highest BCUT2D eigenvalue weighted by molar-refractivity contribution is 5.73. The van der Waals surface area contributed by atoms with Crippen LogP contribution in [-0.4, -0.2) is 49.6 Å². The minimum Gasteiger partial charge on any atom is -0.352 e. The van der Waals surface area contributed by atoms with Gasteiger partial charge in [0.2, 0.25) is 5.91 Å². The van der Waals surface area contributed by atoms with E-state index in [2.05, 4.69) is 15.5 Å². The number of likely N-dealkylation sites (tertiary alicyclic amines) is 1. The van der Waals surface area contributed by atoms with E-state index in [0.29, 0.717) is 6.04 Å². The average Bonchev–Trinajstić information content (AvgIpc) is 2.44. The summed E-state index contributed by atoms with van der Waals surface area (Å²) in [5.41, 5.74) is 0. The molecule has 4 nitrogen and oxygen atoms in total. The third kappa shape index (κ3) is 2.45. The third-order valence-electron chi connectivity index (χ3n) is 3.06. The van der Waals surface area contributed by atoms with Gasteiger partial charge in [-0.25, -0.2) is 0 Å². The van der Waals surface area contributed by atoms with E-state index in [1.807, 2.05) is 0 Å². The van der Waals surface area contributed by atoms with Gasteiger partial charge in [0.25, 0.3) is 0 Å². The molecule has 80 valence electrons. The lowest BCUT2D eigenvalue weighted by atomic mass is 10.0. The van der Waals surface area contributed by atoms with Gasteiger partial charge in [0.1, 0.15) is 0 Å². The number of carbonyl (C=O) groups is 1. The highest BCUT2D eigenvalue weighted by atomic mass is 16.1. The van der Waals surface area contributed by atoms with Crippen LogP contribution in [0.1, 0.15) is 13.3 Å². The van der Waals surface area contributed by atoms with E-state index in [9.17, 15) is 4.79 Å². The molecular weight excluding hydrogens is 178 g/mol. The fraction of sp³-hybridized carbons (Fsp3) is 0.900. The molecule has 0 radical (unpaired) electrons. The summed E-state index contributed by atoms with van der Waals surface area (Å²) in [6.45, 7) is 7.31. The highest BCUT2D eigenvalue weighted by Crippen LogP contribution is 2.13. The molecule has 2 saturated heterocycles. The molecule has 2 fully saturated rings.